The molecule has 0 amide bonds. The van der Waals surface area contributed by atoms with E-state index in [-0.39, 0.29) is 24.0 Å². The van der Waals surface area contributed by atoms with Crippen molar-refractivity contribution in [1.82, 2.24) is 14.7 Å². The van der Waals surface area contributed by atoms with Crippen LogP contribution < -0.4 is 5.73 Å². The van der Waals surface area contributed by atoms with Crippen molar-refractivity contribution in [1.29, 1.82) is 0 Å². The molecule has 0 aliphatic heterocycles. The van der Waals surface area contributed by atoms with E-state index in [2.05, 4.69) is 23.9 Å². The highest BCUT2D eigenvalue weighted by Gasteiger charge is 2.13. The first-order valence-corrected chi connectivity index (χ1v) is 5.41. The second-order valence-corrected chi connectivity index (χ2v) is 4.31. The van der Waals surface area contributed by atoms with Crippen LogP contribution in [-0.2, 0) is 13.6 Å². The summed E-state index contributed by atoms with van der Waals surface area (Å²) in [4.78, 5) is 5.88. The largest absolute Gasteiger partial charge is 0.370 e. The monoisotopic (exact) mass is 351 g/mol. The predicted molar refractivity (Wildman–Crippen MR) is 81.7 cm³/mol. The third-order valence-electron chi connectivity index (χ3n) is 2.51. The Bertz CT molecular complexity index is 383. The highest BCUT2D eigenvalue weighted by Crippen LogP contribution is 2.18. The highest BCUT2D eigenvalue weighted by molar-refractivity contribution is 14.0. The molecule has 0 spiro atoms. The van der Waals surface area contributed by atoms with Crippen LogP contribution in [0.25, 0.3) is 0 Å². The van der Waals surface area contributed by atoms with Gasteiger partial charge < -0.3 is 10.6 Å². The SMILES string of the molecule is CN=C(N)N(C)Cc1cn(C)nc1C(C)C.I. The number of rotatable bonds is 3. The molecule has 2 N–H and O–H groups in total. The fourth-order valence-electron chi connectivity index (χ4n) is 1.67. The predicted octanol–water partition coefficient (Wildman–Crippen LogP) is 1.54. The van der Waals surface area contributed by atoms with Crippen molar-refractivity contribution in [2.45, 2.75) is 26.3 Å². The van der Waals surface area contributed by atoms with Crippen LogP contribution in [0.15, 0.2) is 11.2 Å². The lowest BCUT2D eigenvalue weighted by molar-refractivity contribution is 0.490. The summed E-state index contributed by atoms with van der Waals surface area (Å²) >= 11 is 0. The van der Waals surface area contributed by atoms with Gasteiger partial charge in [0.25, 0.3) is 0 Å². The van der Waals surface area contributed by atoms with E-state index in [1.807, 2.05) is 29.9 Å². The molecule has 0 radical (unpaired) electrons. The molecule has 0 aromatic carbocycles. The number of aryl methyl sites for hydroxylation is 1. The summed E-state index contributed by atoms with van der Waals surface area (Å²) in [7, 11) is 5.56. The quantitative estimate of drug-likeness (QED) is 0.511. The van der Waals surface area contributed by atoms with E-state index in [0.717, 1.165) is 12.2 Å². The smallest absolute Gasteiger partial charge is 0.191 e. The van der Waals surface area contributed by atoms with Gasteiger partial charge in [-0.3, -0.25) is 9.67 Å². The van der Waals surface area contributed by atoms with E-state index in [9.17, 15) is 0 Å². The maximum atomic E-state index is 5.75. The maximum Gasteiger partial charge on any atom is 0.191 e. The number of hydrogen-bond donors (Lipinski definition) is 1. The molecule has 5 nitrogen and oxygen atoms in total. The summed E-state index contributed by atoms with van der Waals surface area (Å²) in [5.41, 5.74) is 8.07. The van der Waals surface area contributed by atoms with Crippen molar-refractivity contribution in [2.24, 2.45) is 17.8 Å². The van der Waals surface area contributed by atoms with E-state index in [0.29, 0.717) is 11.9 Å². The van der Waals surface area contributed by atoms with Gasteiger partial charge in [0.05, 0.1) is 5.69 Å². The average molecular weight is 351 g/mol. The lowest BCUT2D eigenvalue weighted by Crippen LogP contribution is -2.33. The van der Waals surface area contributed by atoms with Crippen LogP contribution in [-0.4, -0.2) is 34.7 Å². The third kappa shape index (κ3) is 4.18. The van der Waals surface area contributed by atoms with Crippen LogP contribution in [0.4, 0.5) is 0 Å². The molecule has 0 saturated carbocycles. The maximum absolute atomic E-state index is 5.75. The summed E-state index contributed by atoms with van der Waals surface area (Å²) in [6, 6.07) is 0. The normalized spacial score (nSPS) is 11.5. The summed E-state index contributed by atoms with van der Waals surface area (Å²) in [5.74, 6) is 0.961. The van der Waals surface area contributed by atoms with E-state index in [4.69, 9.17) is 5.73 Å². The Morgan fingerprint density at radius 1 is 1.59 bits per heavy atom. The number of nitrogens with zero attached hydrogens (tertiary/aromatic N) is 4. The Balaban J connectivity index is 0.00000256. The minimum atomic E-state index is 0. The molecule has 0 saturated heterocycles. The molecule has 0 aliphatic rings. The molecule has 0 atom stereocenters. The Morgan fingerprint density at radius 2 is 2.18 bits per heavy atom. The van der Waals surface area contributed by atoms with Crippen LogP contribution in [0.2, 0.25) is 0 Å². The van der Waals surface area contributed by atoms with E-state index >= 15 is 0 Å². The van der Waals surface area contributed by atoms with Crippen molar-refractivity contribution >= 4 is 29.9 Å². The van der Waals surface area contributed by atoms with E-state index < -0.39 is 0 Å². The number of guanidine groups is 1. The molecule has 17 heavy (non-hydrogen) atoms. The Morgan fingerprint density at radius 3 is 2.65 bits per heavy atom. The first-order valence-electron chi connectivity index (χ1n) is 5.41. The first kappa shape index (κ1) is 16.2. The van der Waals surface area contributed by atoms with Gasteiger partial charge in [0.2, 0.25) is 0 Å². The Kier molecular flexibility index (Phi) is 6.51. The van der Waals surface area contributed by atoms with Gasteiger partial charge in [-0.1, -0.05) is 13.8 Å². The van der Waals surface area contributed by atoms with Crippen molar-refractivity contribution < 1.29 is 0 Å². The Labute approximate surface area is 120 Å². The molecule has 0 fully saturated rings. The number of nitrogens with two attached hydrogens (primary N) is 1. The van der Waals surface area contributed by atoms with Crippen LogP contribution in [0.3, 0.4) is 0 Å². The Hall–Kier alpha value is -0.790. The summed E-state index contributed by atoms with van der Waals surface area (Å²) in [6.45, 7) is 5.02. The number of aromatic nitrogens is 2. The topological polar surface area (TPSA) is 59.4 Å². The van der Waals surface area contributed by atoms with Crippen molar-refractivity contribution in [3.05, 3.63) is 17.5 Å². The summed E-state index contributed by atoms with van der Waals surface area (Å²) in [5, 5.41) is 4.46. The lowest BCUT2D eigenvalue weighted by Gasteiger charge is -2.17. The van der Waals surface area contributed by atoms with Gasteiger partial charge in [-0.15, -0.1) is 24.0 Å². The third-order valence-corrected chi connectivity index (χ3v) is 2.51. The zero-order valence-electron chi connectivity index (χ0n) is 11.1. The fraction of sp³-hybridized carbons (Fsp3) is 0.636. The van der Waals surface area contributed by atoms with Crippen LogP contribution in [0, 0.1) is 0 Å². The van der Waals surface area contributed by atoms with E-state index in [1.165, 1.54) is 5.56 Å². The minimum Gasteiger partial charge on any atom is -0.370 e. The van der Waals surface area contributed by atoms with Gasteiger partial charge in [-0.25, -0.2) is 0 Å². The lowest BCUT2D eigenvalue weighted by atomic mass is 10.1. The molecule has 1 aromatic heterocycles. The van der Waals surface area contributed by atoms with Gasteiger partial charge in [0.15, 0.2) is 5.96 Å². The van der Waals surface area contributed by atoms with Crippen LogP contribution in [0.1, 0.15) is 31.0 Å². The summed E-state index contributed by atoms with van der Waals surface area (Å²) < 4.78 is 1.85. The molecule has 6 heteroatoms. The standard InChI is InChI=1S/C11H21N5.HI/c1-8(2)10-9(7-16(5)14-10)6-15(4)11(12)13-3;/h7-8H,6H2,1-5H3,(H2,12,13);1H. The molecule has 0 unspecified atom stereocenters. The molecule has 1 heterocycles. The number of hydrogen-bond acceptors (Lipinski definition) is 2. The number of aliphatic imine (C=N–C) groups is 1. The van der Waals surface area contributed by atoms with Gasteiger partial charge in [-0.2, -0.15) is 5.10 Å². The molecule has 0 aliphatic carbocycles. The molecule has 1 rings (SSSR count). The van der Waals surface area contributed by atoms with Crippen LogP contribution in [0.5, 0.6) is 0 Å². The molecule has 1 aromatic rings. The molecular weight excluding hydrogens is 329 g/mol. The van der Waals surface area contributed by atoms with Crippen LogP contribution >= 0.6 is 24.0 Å². The molecule has 0 bridgehead atoms. The zero-order chi connectivity index (χ0) is 12.3. The second-order valence-electron chi connectivity index (χ2n) is 4.31. The zero-order valence-corrected chi connectivity index (χ0v) is 13.5. The van der Waals surface area contributed by atoms with Gasteiger partial charge in [0, 0.05) is 39.4 Å². The highest BCUT2D eigenvalue weighted by atomic mass is 127. The van der Waals surface area contributed by atoms with Gasteiger partial charge in [0.1, 0.15) is 0 Å². The number of halogens is 1. The fourth-order valence-corrected chi connectivity index (χ4v) is 1.67. The van der Waals surface area contributed by atoms with Crippen molar-refractivity contribution in [2.75, 3.05) is 14.1 Å². The average Bonchev–Trinajstić information content (AvgIpc) is 2.58. The second kappa shape index (κ2) is 6.83. The van der Waals surface area contributed by atoms with Crippen molar-refractivity contribution in [3.63, 3.8) is 0 Å². The first-order chi connectivity index (χ1) is 7.45. The van der Waals surface area contributed by atoms with Gasteiger partial charge in [-0.05, 0) is 5.92 Å². The van der Waals surface area contributed by atoms with E-state index in [1.54, 1.807) is 7.05 Å². The summed E-state index contributed by atoms with van der Waals surface area (Å²) in [6.07, 6.45) is 2.04. The minimum absolute atomic E-state index is 0. The molecular formula is C11H22IN5. The van der Waals surface area contributed by atoms with Crippen molar-refractivity contribution in [3.8, 4) is 0 Å². The molecule has 98 valence electrons. The van der Waals surface area contributed by atoms with Gasteiger partial charge >= 0.3 is 0 Å².